The fourth-order valence-corrected chi connectivity index (χ4v) is 4.25. The Labute approximate surface area is 188 Å². The monoisotopic (exact) mass is 437 g/mol. The van der Waals surface area contributed by atoms with Gasteiger partial charge in [0.1, 0.15) is 0 Å². The molecule has 0 fully saturated rings. The number of aromatic nitrogens is 2. The predicted molar refractivity (Wildman–Crippen MR) is 122 cm³/mol. The third-order valence-corrected chi connectivity index (χ3v) is 5.70. The number of rotatable bonds is 10. The fourth-order valence-electron chi connectivity index (χ4n) is 4.25. The Morgan fingerprint density at radius 2 is 1.97 bits per heavy atom. The summed E-state index contributed by atoms with van der Waals surface area (Å²) in [6, 6.07) is 12.4. The van der Waals surface area contributed by atoms with E-state index in [1.807, 2.05) is 45.0 Å². The summed E-state index contributed by atoms with van der Waals surface area (Å²) in [6.07, 6.45) is 2.46. The summed E-state index contributed by atoms with van der Waals surface area (Å²) in [7, 11) is 0. The van der Waals surface area contributed by atoms with E-state index in [1.54, 1.807) is 0 Å². The second kappa shape index (κ2) is 10.1. The summed E-state index contributed by atoms with van der Waals surface area (Å²) in [5.41, 5.74) is 4.54. The van der Waals surface area contributed by atoms with Gasteiger partial charge in [0.05, 0.1) is 26.2 Å². The van der Waals surface area contributed by atoms with E-state index in [0.29, 0.717) is 31.3 Å². The highest BCUT2D eigenvalue weighted by Crippen LogP contribution is 2.37. The number of ether oxygens (including phenoxy) is 2. The first-order chi connectivity index (χ1) is 15.6. The van der Waals surface area contributed by atoms with Gasteiger partial charge >= 0.3 is 0 Å². The van der Waals surface area contributed by atoms with Gasteiger partial charge in [0.25, 0.3) is 0 Å². The molecule has 170 valence electrons. The molecule has 1 aliphatic rings. The zero-order valence-electron chi connectivity index (χ0n) is 18.9. The van der Waals surface area contributed by atoms with Crippen molar-refractivity contribution >= 4 is 0 Å². The number of hydrogen-bond acceptors (Lipinski definition) is 7. The lowest BCUT2D eigenvalue weighted by atomic mass is 10.0. The highest BCUT2D eigenvalue weighted by Gasteiger charge is 2.27. The van der Waals surface area contributed by atoms with Crippen molar-refractivity contribution in [3.63, 3.8) is 0 Å². The van der Waals surface area contributed by atoms with Crippen LogP contribution in [0.15, 0.2) is 40.9 Å². The van der Waals surface area contributed by atoms with Gasteiger partial charge in [-0.25, -0.2) is 0 Å². The van der Waals surface area contributed by atoms with Crippen molar-refractivity contribution in [2.75, 3.05) is 19.8 Å². The quantitative estimate of drug-likeness (QED) is 0.494. The summed E-state index contributed by atoms with van der Waals surface area (Å²) < 4.78 is 17.0. The van der Waals surface area contributed by atoms with Crippen LogP contribution in [0.25, 0.3) is 11.4 Å². The molecule has 1 aliphatic carbocycles. The number of benzene rings is 2. The molecule has 0 spiro atoms. The molecule has 0 bridgehead atoms. The van der Waals surface area contributed by atoms with Gasteiger partial charge in [-0.2, -0.15) is 4.98 Å². The molecule has 7 nitrogen and oxygen atoms in total. The van der Waals surface area contributed by atoms with Crippen molar-refractivity contribution in [1.82, 2.24) is 15.5 Å². The van der Waals surface area contributed by atoms with Gasteiger partial charge in [-0.15, -0.1) is 0 Å². The van der Waals surface area contributed by atoms with E-state index in [-0.39, 0.29) is 18.7 Å². The maximum Gasteiger partial charge on any atom is 0.231 e. The molecule has 2 N–H and O–H groups in total. The summed E-state index contributed by atoms with van der Waals surface area (Å²) in [4.78, 5) is 4.68. The molecule has 7 heteroatoms. The van der Waals surface area contributed by atoms with Crippen molar-refractivity contribution in [3.8, 4) is 22.9 Å². The van der Waals surface area contributed by atoms with Gasteiger partial charge in [-0.1, -0.05) is 29.4 Å². The van der Waals surface area contributed by atoms with E-state index in [2.05, 4.69) is 27.6 Å². The Bertz CT molecular complexity index is 1050. The van der Waals surface area contributed by atoms with Crippen molar-refractivity contribution < 1.29 is 19.1 Å². The molecule has 2 aromatic carbocycles. The van der Waals surface area contributed by atoms with Crippen LogP contribution in [0.1, 0.15) is 55.8 Å². The number of aliphatic hydroxyl groups excluding tert-OH is 1. The molecule has 1 aromatic heterocycles. The van der Waals surface area contributed by atoms with Crippen LogP contribution in [-0.4, -0.2) is 41.1 Å². The molecule has 0 saturated carbocycles. The molecular formula is C25H31N3O4. The highest BCUT2D eigenvalue weighted by atomic mass is 16.5. The normalized spacial score (nSPS) is 16.1. The minimum atomic E-state index is 0.0575. The van der Waals surface area contributed by atoms with E-state index in [1.165, 1.54) is 11.1 Å². The van der Waals surface area contributed by atoms with Crippen LogP contribution in [0.4, 0.5) is 0 Å². The van der Waals surface area contributed by atoms with E-state index in [4.69, 9.17) is 14.0 Å². The van der Waals surface area contributed by atoms with Crippen LogP contribution in [0, 0.1) is 0 Å². The fraction of sp³-hybridized carbons (Fsp3) is 0.440. The van der Waals surface area contributed by atoms with Crippen LogP contribution in [0.3, 0.4) is 0 Å². The number of aliphatic hydroxyl groups is 1. The lowest BCUT2D eigenvalue weighted by Crippen LogP contribution is -2.32. The van der Waals surface area contributed by atoms with Gasteiger partial charge in [-0.05, 0) is 62.4 Å². The van der Waals surface area contributed by atoms with Gasteiger partial charge in [-0.3, -0.25) is 0 Å². The molecule has 0 aliphatic heterocycles. The zero-order valence-corrected chi connectivity index (χ0v) is 18.9. The molecule has 1 heterocycles. The lowest BCUT2D eigenvalue weighted by Gasteiger charge is -2.18. The van der Waals surface area contributed by atoms with E-state index >= 15 is 0 Å². The molecule has 0 radical (unpaired) electrons. The largest absolute Gasteiger partial charge is 0.490 e. The minimum absolute atomic E-state index is 0.0575. The van der Waals surface area contributed by atoms with Crippen molar-refractivity contribution in [2.24, 2.45) is 0 Å². The molecule has 0 saturated heterocycles. The third kappa shape index (κ3) is 4.79. The van der Waals surface area contributed by atoms with E-state index in [9.17, 15) is 5.11 Å². The van der Waals surface area contributed by atoms with Gasteiger partial charge in [0.15, 0.2) is 11.5 Å². The average Bonchev–Trinajstić information content (AvgIpc) is 3.43. The molecule has 3 aromatic rings. The first-order valence-corrected chi connectivity index (χ1v) is 11.3. The van der Waals surface area contributed by atoms with Crippen LogP contribution < -0.4 is 14.8 Å². The minimum Gasteiger partial charge on any atom is -0.490 e. The first kappa shape index (κ1) is 22.3. The van der Waals surface area contributed by atoms with E-state index in [0.717, 1.165) is 35.5 Å². The first-order valence-electron chi connectivity index (χ1n) is 11.3. The summed E-state index contributed by atoms with van der Waals surface area (Å²) in [6.45, 7) is 7.18. The van der Waals surface area contributed by atoms with Crippen LogP contribution in [-0.2, 0) is 12.8 Å². The number of nitrogens with one attached hydrogen (secondary N) is 1. The smallest absolute Gasteiger partial charge is 0.231 e. The topological polar surface area (TPSA) is 89.6 Å². The lowest BCUT2D eigenvalue weighted by molar-refractivity contribution is 0.240. The maximum absolute atomic E-state index is 9.38. The molecule has 4 rings (SSSR count). The van der Waals surface area contributed by atoms with Gasteiger partial charge in [0.2, 0.25) is 11.7 Å². The van der Waals surface area contributed by atoms with Crippen molar-refractivity contribution in [2.45, 2.75) is 52.1 Å². The van der Waals surface area contributed by atoms with Crippen LogP contribution in [0.5, 0.6) is 11.5 Å². The number of nitrogens with zero attached hydrogens (tertiary/aromatic N) is 2. The molecule has 2 unspecified atom stereocenters. The number of hydrogen-bond donors (Lipinski definition) is 2. The Morgan fingerprint density at radius 1 is 1.16 bits per heavy atom. The number of fused-ring (bicyclic) bond motifs is 1. The highest BCUT2D eigenvalue weighted by molar-refractivity contribution is 5.63. The Hall–Kier alpha value is -2.90. The summed E-state index contributed by atoms with van der Waals surface area (Å²) in [5.74, 6) is 2.64. The molecule has 32 heavy (non-hydrogen) atoms. The Morgan fingerprint density at radius 3 is 2.75 bits per heavy atom. The van der Waals surface area contributed by atoms with Gasteiger partial charge < -0.3 is 24.4 Å². The molecular weight excluding hydrogens is 406 g/mol. The predicted octanol–water partition coefficient (Wildman–Crippen LogP) is 4.08. The van der Waals surface area contributed by atoms with Crippen molar-refractivity contribution in [1.29, 1.82) is 0 Å². The van der Waals surface area contributed by atoms with Gasteiger partial charge in [0, 0.05) is 17.6 Å². The Balaban J connectivity index is 1.54. The second-order valence-corrected chi connectivity index (χ2v) is 8.05. The SMILES string of the molecule is CCOc1ccc(Cc2nc(-c3cccc4c3CCC4NC(C)CO)no2)cc1OCC. The zero-order chi connectivity index (χ0) is 22.5. The Kier molecular flexibility index (Phi) is 7.07. The summed E-state index contributed by atoms with van der Waals surface area (Å²) in [5, 5.41) is 17.1. The van der Waals surface area contributed by atoms with Crippen LogP contribution in [0.2, 0.25) is 0 Å². The third-order valence-electron chi connectivity index (χ3n) is 5.70. The second-order valence-electron chi connectivity index (χ2n) is 8.05. The molecule has 2 atom stereocenters. The van der Waals surface area contributed by atoms with E-state index < -0.39 is 0 Å². The van der Waals surface area contributed by atoms with Crippen LogP contribution >= 0.6 is 0 Å². The summed E-state index contributed by atoms with van der Waals surface area (Å²) >= 11 is 0. The molecule has 0 amide bonds. The average molecular weight is 438 g/mol. The van der Waals surface area contributed by atoms with Crippen molar-refractivity contribution in [3.05, 3.63) is 59.0 Å². The maximum atomic E-state index is 9.38. The standard InChI is InChI=1S/C25H31N3O4/c1-4-30-22-12-9-17(13-23(22)31-5-2)14-24-27-25(28-32-24)20-8-6-7-19-18(20)10-11-21(19)26-16(3)15-29/h6-9,12-13,16,21,26,29H,4-5,10-11,14-15H2,1-3H3.